The van der Waals surface area contributed by atoms with E-state index in [4.69, 9.17) is 0 Å². The summed E-state index contributed by atoms with van der Waals surface area (Å²) >= 11 is 0. The topological polar surface area (TPSA) is 57.7 Å². The summed E-state index contributed by atoms with van der Waals surface area (Å²) in [4.78, 5) is 35.6. The van der Waals surface area contributed by atoms with E-state index in [9.17, 15) is 14.4 Å². The number of imide groups is 1. The number of carbonyl (C=O) groups excluding carboxylic acids is 3. The monoisotopic (exact) mass is 184 g/mol. The molecule has 0 N–H and O–H groups in total. The second kappa shape index (κ2) is 3.55. The first-order chi connectivity index (χ1) is 6.06. The van der Waals surface area contributed by atoms with Gasteiger partial charge in [0.15, 0.2) is 0 Å². The molecule has 1 fully saturated rings. The summed E-state index contributed by atoms with van der Waals surface area (Å²) in [5.41, 5.74) is 0. The second-order valence-electron chi connectivity index (χ2n) is 2.98. The Hall–Kier alpha value is -1.39. The molecule has 5 heteroatoms. The Bertz CT molecular complexity index is 262. The molecule has 0 radical (unpaired) electrons. The number of hydrogen-bond acceptors (Lipinski definition) is 3. The minimum absolute atomic E-state index is 0.0288. The SMILES string of the molecule is CCN1C(=O)CN(CC(C)=O)C1=O. The zero-order valence-corrected chi connectivity index (χ0v) is 7.74. The van der Waals surface area contributed by atoms with Crippen molar-refractivity contribution < 1.29 is 14.4 Å². The maximum atomic E-state index is 11.4. The van der Waals surface area contributed by atoms with Gasteiger partial charge in [-0.2, -0.15) is 0 Å². The highest BCUT2D eigenvalue weighted by molar-refractivity contribution is 6.03. The molecule has 1 aliphatic rings. The van der Waals surface area contributed by atoms with Crippen molar-refractivity contribution in [2.45, 2.75) is 13.8 Å². The second-order valence-corrected chi connectivity index (χ2v) is 2.98. The minimum Gasteiger partial charge on any atom is -0.308 e. The highest BCUT2D eigenvalue weighted by atomic mass is 16.2. The van der Waals surface area contributed by atoms with Crippen LogP contribution < -0.4 is 0 Å². The van der Waals surface area contributed by atoms with Crippen molar-refractivity contribution in [3.8, 4) is 0 Å². The predicted molar refractivity (Wildman–Crippen MR) is 45.0 cm³/mol. The van der Waals surface area contributed by atoms with Crippen molar-refractivity contribution in [2.75, 3.05) is 19.6 Å². The molecule has 0 bridgehead atoms. The van der Waals surface area contributed by atoms with Crippen molar-refractivity contribution in [1.29, 1.82) is 0 Å². The number of ketones is 1. The first-order valence-electron chi connectivity index (χ1n) is 4.15. The van der Waals surface area contributed by atoms with Gasteiger partial charge in [0.1, 0.15) is 12.3 Å². The number of rotatable bonds is 3. The van der Waals surface area contributed by atoms with E-state index in [1.807, 2.05) is 0 Å². The summed E-state index contributed by atoms with van der Waals surface area (Å²) in [6, 6.07) is -0.359. The molecular formula is C8H12N2O3. The van der Waals surface area contributed by atoms with Gasteiger partial charge in [-0.25, -0.2) is 4.79 Å². The highest BCUT2D eigenvalue weighted by Gasteiger charge is 2.34. The molecule has 5 nitrogen and oxygen atoms in total. The fraction of sp³-hybridized carbons (Fsp3) is 0.625. The minimum atomic E-state index is -0.359. The van der Waals surface area contributed by atoms with Crippen LogP contribution in [0.3, 0.4) is 0 Å². The van der Waals surface area contributed by atoms with Gasteiger partial charge in [-0.15, -0.1) is 0 Å². The molecule has 1 saturated heterocycles. The van der Waals surface area contributed by atoms with Crippen molar-refractivity contribution in [3.05, 3.63) is 0 Å². The van der Waals surface area contributed by atoms with E-state index in [0.29, 0.717) is 6.54 Å². The van der Waals surface area contributed by atoms with Gasteiger partial charge in [-0.3, -0.25) is 14.5 Å². The van der Waals surface area contributed by atoms with Crippen LogP contribution in [0, 0.1) is 0 Å². The summed E-state index contributed by atoms with van der Waals surface area (Å²) in [7, 11) is 0. The maximum Gasteiger partial charge on any atom is 0.327 e. The molecule has 0 aliphatic carbocycles. The molecule has 3 amide bonds. The first kappa shape index (κ1) is 9.70. The molecule has 13 heavy (non-hydrogen) atoms. The average Bonchev–Trinajstić information content (AvgIpc) is 2.26. The first-order valence-corrected chi connectivity index (χ1v) is 4.15. The van der Waals surface area contributed by atoms with E-state index in [-0.39, 0.29) is 30.8 Å². The summed E-state index contributed by atoms with van der Waals surface area (Å²) in [6.07, 6.45) is 0. The van der Waals surface area contributed by atoms with Gasteiger partial charge in [0, 0.05) is 6.54 Å². The zero-order valence-electron chi connectivity index (χ0n) is 7.74. The van der Waals surface area contributed by atoms with Crippen molar-refractivity contribution in [1.82, 2.24) is 9.80 Å². The molecule has 0 aromatic heterocycles. The van der Waals surface area contributed by atoms with Crippen LogP contribution in [0.25, 0.3) is 0 Å². The van der Waals surface area contributed by atoms with Crippen molar-refractivity contribution >= 4 is 17.7 Å². The van der Waals surface area contributed by atoms with Crippen LogP contribution in [0.2, 0.25) is 0 Å². The molecule has 0 unspecified atom stereocenters. The number of Topliss-reactive ketones (excluding diaryl/α,β-unsaturated/α-hetero) is 1. The van der Waals surface area contributed by atoms with Gasteiger partial charge < -0.3 is 4.90 Å². The number of hydrogen-bond donors (Lipinski definition) is 0. The van der Waals surface area contributed by atoms with Gasteiger partial charge >= 0.3 is 6.03 Å². The van der Waals surface area contributed by atoms with Gasteiger partial charge in [0.25, 0.3) is 0 Å². The van der Waals surface area contributed by atoms with Gasteiger partial charge in [0.2, 0.25) is 5.91 Å². The maximum absolute atomic E-state index is 11.4. The summed E-state index contributed by atoms with van der Waals surface area (Å²) in [5, 5.41) is 0. The number of likely N-dealkylation sites (N-methyl/N-ethyl adjacent to an activating group) is 1. The van der Waals surface area contributed by atoms with Gasteiger partial charge in [-0.1, -0.05) is 0 Å². The number of urea groups is 1. The zero-order chi connectivity index (χ0) is 10.0. The molecular weight excluding hydrogens is 172 g/mol. The number of carbonyl (C=O) groups is 3. The Labute approximate surface area is 76.3 Å². The molecule has 1 heterocycles. The summed E-state index contributed by atoms with van der Waals surface area (Å²) in [5.74, 6) is -0.340. The fourth-order valence-electron chi connectivity index (χ4n) is 1.30. The lowest BCUT2D eigenvalue weighted by atomic mass is 10.4. The van der Waals surface area contributed by atoms with Crippen LogP contribution in [0.1, 0.15) is 13.8 Å². The lowest BCUT2D eigenvalue weighted by Crippen LogP contribution is -2.34. The molecule has 0 aromatic rings. The van der Waals surface area contributed by atoms with E-state index in [0.717, 1.165) is 4.90 Å². The van der Waals surface area contributed by atoms with Crippen LogP contribution in [0.5, 0.6) is 0 Å². The van der Waals surface area contributed by atoms with E-state index in [1.165, 1.54) is 11.8 Å². The van der Waals surface area contributed by atoms with E-state index in [1.54, 1.807) is 6.92 Å². The van der Waals surface area contributed by atoms with Crippen LogP contribution >= 0.6 is 0 Å². The van der Waals surface area contributed by atoms with Crippen LogP contribution in [0.15, 0.2) is 0 Å². The number of amides is 3. The third-order valence-electron chi connectivity index (χ3n) is 1.86. The predicted octanol–water partition coefficient (Wildman–Crippen LogP) is -0.141. The lowest BCUT2D eigenvalue weighted by Gasteiger charge is -2.13. The largest absolute Gasteiger partial charge is 0.327 e. The standard InChI is InChI=1S/C8H12N2O3/c1-3-10-7(12)5-9(8(10)13)4-6(2)11/h3-5H2,1-2H3. The quantitative estimate of drug-likeness (QED) is 0.573. The Morgan fingerprint density at radius 1 is 1.46 bits per heavy atom. The van der Waals surface area contributed by atoms with Crippen molar-refractivity contribution in [2.24, 2.45) is 0 Å². The van der Waals surface area contributed by atoms with E-state index >= 15 is 0 Å². The Morgan fingerprint density at radius 2 is 2.08 bits per heavy atom. The Morgan fingerprint density at radius 3 is 2.46 bits per heavy atom. The van der Waals surface area contributed by atoms with Gasteiger partial charge in [0.05, 0.1) is 6.54 Å². The molecule has 0 spiro atoms. The van der Waals surface area contributed by atoms with Crippen LogP contribution in [0.4, 0.5) is 4.79 Å². The smallest absolute Gasteiger partial charge is 0.308 e. The molecule has 0 atom stereocenters. The molecule has 0 saturated carbocycles. The molecule has 1 rings (SSSR count). The normalized spacial score (nSPS) is 17.1. The Balaban J connectivity index is 2.67. The molecule has 0 aromatic carbocycles. The fourth-order valence-corrected chi connectivity index (χ4v) is 1.30. The number of nitrogens with zero attached hydrogens (tertiary/aromatic N) is 2. The van der Waals surface area contributed by atoms with E-state index < -0.39 is 0 Å². The lowest BCUT2D eigenvalue weighted by molar-refractivity contribution is -0.125. The van der Waals surface area contributed by atoms with Crippen LogP contribution in [-0.4, -0.2) is 47.2 Å². The van der Waals surface area contributed by atoms with Gasteiger partial charge in [-0.05, 0) is 13.8 Å². The van der Waals surface area contributed by atoms with Crippen molar-refractivity contribution in [3.63, 3.8) is 0 Å². The Kier molecular flexibility index (Phi) is 2.65. The highest BCUT2D eigenvalue weighted by Crippen LogP contribution is 2.08. The summed E-state index contributed by atoms with van der Waals surface area (Å²) in [6.45, 7) is 3.55. The van der Waals surface area contributed by atoms with Crippen LogP contribution in [-0.2, 0) is 9.59 Å². The molecule has 72 valence electrons. The average molecular weight is 184 g/mol. The van der Waals surface area contributed by atoms with E-state index in [2.05, 4.69) is 0 Å². The summed E-state index contributed by atoms with van der Waals surface area (Å²) < 4.78 is 0. The third kappa shape index (κ3) is 1.85. The molecule has 1 aliphatic heterocycles. The third-order valence-corrected chi connectivity index (χ3v) is 1.86.